The Kier molecular flexibility index (Phi) is 11.7. The Morgan fingerprint density at radius 1 is 0.683 bits per heavy atom. The van der Waals surface area contributed by atoms with Gasteiger partial charge in [0.05, 0.1) is 16.3 Å². The minimum Gasteiger partial charge on any atom is -0.339 e. The average molecular weight is 895 g/mol. The molecule has 0 amide bonds. The molecule has 0 aliphatic rings. The fourth-order valence-corrected chi connectivity index (χ4v) is 8.71. The van der Waals surface area contributed by atoms with E-state index in [9.17, 15) is 36.5 Å². The zero-order valence-corrected chi connectivity index (χ0v) is 34.5. The van der Waals surface area contributed by atoms with E-state index in [1.54, 1.807) is 73.7 Å². The minimum absolute atomic E-state index is 0.00526. The van der Waals surface area contributed by atoms with Crippen LogP contribution in [0.4, 0.5) is 44.4 Å². The van der Waals surface area contributed by atoms with Crippen LogP contribution in [0, 0.1) is 29.6 Å². The first kappa shape index (κ1) is 41.5. The maximum Gasteiger partial charge on any atom is 0.296 e. The number of nitrogens with zero attached hydrogens (tertiary/aromatic N) is 7. The molecule has 2 aromatic heterocycles. The molecule has 2 heterocycles. The van der Waals surface area contributed by atoms with Crippen LogP contribution >= 0.6 is 34.5 Å². The van der Waals surface area contributed by atoms with E-state index in [-0.39, 0.29) is 70.7 Å². The minimum atomic E-state index is -4.69. The molecule has 4 N–H and O–H groups in total. The Bertz CT molecular complexity index is 3220. The van der Waals surface area contributed by atoms with Crippen LogP contribution < -0.4 is 10.6 Å². The number of rotatable bonds is 11. The van der Waals surface area contributed by atoms with Crippen molar-refractivity contribution in [2.45, 2.75) is 16.7 Å². The number of hydrogen-bond donors (Lipinski definition) is 4. The van der Waals surface area contributed by atoms with E-state index < -0.39 is 25.1 Å². The number of benzene rings is 5. The number of nitriles is 2. The number of aromatic nitrogens is 1. The highest BCUT2D eigenvalue weighted by Crippen LogP contribution is 2.48. The molecule has 15 nitrogen and oxygen atoms in total. The molecule has 5 aromatic carbocycles. The highest BCUT2D eigenvalue weighted by molar-refractivity contribution is 7.86. The lowest BCUT2D eigenvalue weighted by Gasteiger charge is -2.16. The van der Waals surface area contributed by atoms with Gasteiger partial charge in [0, 0.05) is 32.9 Å². The van der Waals surface area contributed by atoms with Gasteiger partial charge in [0.1, 0.15) is 38.2 Å². The number of thiophene rings is 1. The maximum absolute atomic E-state index is 12.1. The van der Waals surface area contributed by atoms with Gasteiger partial charge < -0.3 is 10.6 Å². The third-order valence-electron chi connectivity index (χ3n) is 8.75. The van der Waals surface area contributed by atoms with Crippen LogP contribution in [0.15, 0.2) is 139 Å². The van der Waals surface area contributed by atoms with Crippen molar-refractivity contribution in [2.75, 3.05) is 10.6 Å². The Balaban J connectivity index is 1.35. The summed E-state index contributed by atoms with van der Waals surface area (Å²) in [6.45, 7) is 1.60. The maximum atomic E-state index is 12.1. The summed E-state index contributed by atoms with van der Waals surface area (Å²) in [6.07, 6.45) is 0. The molecule has 0 unspecified atom stereocenters. The standard InChI is InChI=1S/C40H25Cl2N9O6S3/c1-22-30(20-43)37(46-27-16-17-32(42)34(19-27)60(55,56)57)47-38(45-26-14-11-25(41)12-15-26)36(22)49-50-39-31(21-44)35(24-6-3-2-4-7-24)40(58-39)51-48-28-13-10-23-8-5-9-33(29(23)18-28)59(52,53)54/h2-19H,1H3,(H2,45,46,47)(H,52,53,54)(H,55,56,57). The summed E-state index contributed by atoms with van der Waals surface area (Å²) >= 11 is 13.1. The molecule has 0 aliphatic carbocycles. The van der Waals surface area contributed by atoms with Gasteiger partial charge in [0.25, 0.3) is 20.2 Å². The highest BCUT2D eigenvalue weighted by Gasteiger charge is 2.23. The Hall–Kier alpha value is -6.61. The fraction of sp³-hybridized carbons (Fsp3) is 0.0250. The van der Waals surface area contributed by atoms with E-state index >= 15 is 0 Å². The number of pyridine rings is 1. The molecule has 0 aliphatic heterocycles. The van der Waals surface area contributed by atoms with E-state index in [1.165, 1.54) is 30.3 Å². The summed E-state index contributed by atoms with van der Waals surface area (Å²) in [7, 11) is -9.24. The average Bonchev–Trinajstić information content (AvgIpc) is 3.58. The summed E-state index contributed by atoms with van der Waals surface area (Å²) in [5, 5.41) is 46.2. The molecular formula is C40H25Cl2N9O6S3. The first-order valence-corrected chi connectivity index (χ1v) is 21.6. The van der Waals surface area contributed by atoms with Gasteiger partial charge in [-0.2, -0.15) is 27.4 Å². The van der Waals surface area contributed by atoms with Crippen LogP contribution in [-0.4, -0.2) is 30.9 Å². The van der Waals surface area contributed by atoms with E-state index in [0.717, 1.165) is 17.4 Å². The van der Waals surface area contributed by atoms with Gasteiger partial charge in [-0.25, -0.2) is 4.98 Å². The largest absolute Gasteiger partial charge is 0.339 e. The molecule has 0 atom stereocenters. The molecule has 20 heteroatoms. The predicted molar refractivity (Wildman–Crippen MR) is 230 cm³/mol. The molecule has 7 rings (SSSR count). The second-order valence-corrected chi connectivity index (χ2v) is 17.2. The van der Waals surface area contributed by atoms with E-state index in [2.05, 4.69) is 48.2 Å². The lowest BCUT2D eigenvalue weighted by molar-refractivity contribution is 0.481. The van der Waals surface area contributed by atoms with Crippen LogP contribution in [0.25, 0.3) is 21.9 Å². The summed E-state index contributed by atoms with van der Waals surface area (Å²) in [5.74, 6) is 0.0946. The first-order valence-electron chi connectivity index (χ1n) is 17.1. The quantitative estimate of drug-likeness (QED) is 0.0703. The van der Waals surface area contributed by atoms with Gasteiger partial charge in [-0.3, -0.25) is 9.11 Å². The molecule has 0 radical (unpaired) electrons. The van der Waals surface area contributed by atoms with Crippen molar-refractivity contribution in [3.63, 3.8) is 0 Å². The summed E-state index contributed by atoms with van der Waals surface area (Å²) in [5.41, 5.74) is 2.47. The van der Waals surface area contributed by atoms with Crippen molar-refractivity contribution in [2.24, 2.45) is 20.5 Å². The number of nitrogens with one attached hydrogen (secondary N) is 2. The van der Waals surface area contributed by atoms with Crippen LogP contribution in [0.3, 0.4) is 0 Å². The second kappa shape index (κ2) is 16.9. The SMILES string of the molecule is Cc1c(C#N)c(Nc2ccc(Cl)c(S(=O)(=O)O)c2)nc(Nc2ccc(Cl)cc2)c1N=Nc1sc(N=Nc2ccc3cccc(S(=O)(=O)O)c3c2)c(-c2ccccc2)c1C#N. The predicted octanol–water partition coefficient (Wildman–Crippen LogP) is 12.1. The molecule has 0 saturated carbocycles. The molecule has 298 valence electrons. The normalized spacial score (nSPS) is 11.8. The molecule has 0 fully saturated rings. The molecule has 0 bridgehead atoms. The first-order chi connectivity index (χ1) is 28.6. The van der Waals surface area contributed by atoms with E-state index in [1.807, 2.05) is 6.07 Å². The smallest absolute Gasteiger partial charge is 0.296 e. The molecular weight excluding hydrogens is 870 g/mol. The van der Waals surface area contributed by atoms with Gasteiger partial charge >= 0.3 is 0 Å². The fourth-order valence-electron chi connectivity index (χ4n) is 5.96. The van der Waals surface area contributed by atoms with E-state index in [4.69, 9.17) is 23.2 Å². The number of fused-ring (bicyclic) bond motifs is 1. The summed E-state index contributed by atoms with van der Waals surface area (Å²) in [6, 6.07) is 32.9. The number of hydrogen-bond acceptors (Lipinski definition) is 14. The molecule has 0 saturated heterocycles. The molecule has 7 aromatic rings. The second-order valence-electron chi connectivity index (χ2n) is 12.6. The van der Waals surface area contributed by atoms with Crippen molar-refractivity contribution in [1.82, 2.24) is 4.98 Å². The Labute approximate surface area is 356 Å². The van der Waals surface area contributed by atoms with Crippen molar-refractivity contribution in [3.8, 4) is 23.3 Å². The van der Waals surface area contributed by atoms with Gasteiger partial charge in [-0.1, -0.05) is 83.1 Å². The van der Waals surface area contributed by atoms with Crippen LogP contribution in [-0.2, 0) is 20.2 Å². The monoisotopic (exact) mass is 893 g/mol. The summed E-state index contributed by atoms with van der Waals surface area (Å²) in [4.78, 5) is 3.79. The topological polar surface area (TPSA) is 243 Å². The van der Waals surface area contributed by atoms with Gasteiger partial charge in [-0.05, 0) is 78.5 Å². The zero-order chi connectivity index (χ0) is 42.8. The zero-order valence-electron chi connectivity index (χ0n) is 30.5. The highest BCUT2D eigenvalue weighted by atomic mass is 35.5. The molecule has 60 heavy (non-hydrogen) atoms. The third kappa shape index (κ3) is 8.86. The van der Waals surface area contributed by atoms with Crippen LogP contribution in [0.5, 0.6) is 0 Å². The van der Waals surface area contributed by atoms with Crippen molar-refractivity contribution in [1.29, 1.82) is 10.5 Å². The van der Waals surface area contributed by atoms with Gasteiger partial charge in [-0.15, -0.1) is 20.5 Å². The molecule has 0 spiro atoms. The van der Waals surface area contributed by atoms with Crippen molar-refractivity contribution < 1.29 is 25.9 Å². The van der Waals surface area contributed by atoms with Crippen LogP contribution in [0.1, 0.15) is 16.7 Å². The van der Waals surface area contributed by atoms with E-state index in [0.29, 0.717) is 27.2 Å². The number of halogens is 2. The van der Waals surface area contributed by atoms with Crippen LogP contribution in [0.2, 0.25) is 10.0 Å². The lowest BCUT2D eigenvalue weighted by Crippen LogP contribution is -2.05. The van der Waals surface area contributed by atoms with Gasteiger partial charge in [0.2, 0.25) is 0 Å². The number of azo groups is 2. The third-order valence-corrected chi connectivity index (χ3v) is 12.2. The summed E-state index contributed by atoms with van der Waals surface area (Å²) < 4.78 is 67.6. The van der Waals surface area contributed by atoms with Crippen molar-refractivity contribution >= 4 is 110 Å². The van der Waals surface area contributed by atoms with Crippen molar-refractivity contribution in [3.05, 3.63) is 136 Å². The Morgan fingerprint density at radius 3 is 2.03 bits per heavy atom. The lowest BCUT2D eigenvalue weighted by atomic mass is 10.0. The Morgan fingerprint density at radius 2 is 1.35 bits per heavy atom. The number of anilines is 4. The van der Waals surface area contributed by atoms with Gasteiger partial charge in [0.15, 0.2) is 16.6 Å².